The molecule has 0 aliphatic carbocycles. The predicted molar refractivity (Wildman–Crippen MR) is 114 cm³/mol. The maximum absolute atomic E-state index is 13.2. The summed E-state index contributed by atoms with van der Waals surface area (Å²) in [6.45, 7) is 3.23. The van der Waals surface area contributed by atoms with Crippen molar-refractivity contribution in [1.82, 2.24) is 4.90 Å². The lowest BCUT2D eigenvalue weighted by Crippen LogP contribution is -2.51. The van der Waals surface area contributed by atoms with Crippen molar-refractivity contribution in [3.8, 4) is 0 Å². The summed E-state index contributed by atoms with van der Waals surface area (Å²) in [5.41, 5.74) is 2.45. The molecule has 0 radical (unpaired) electrons. The standard InChI is InChI=1S/C22H23N3O3S/c1-15-8-10-16(11-9-15)23-19(26)14-25-17-6-2-3-7-18(17)29-20(22(25)28)21(27)24-12-4-5-13-24/h2-3,6-11,20H,4-5,12-14H2,1H3,(H,23,26)/t20-/m1/s1. The molecule has 2 heterocycles. The van der Waals surface area contributed by atoms with Gasteiger partial charge in [0, 0.05) is 23.7 Å². The average Bonchev–Trinajstić information content (AvgIpc) is 3.26. The Morgan fingerprint density at radius 1 is 1.07 bits per heavy atom. The summed E-state index contributed by atoms with van der Waals surface area (Å²) in [5, 5.41) is 1.99. The zero-order valence-corrected chi connectivity index (χ0v) is 17.1. The van der Waals surface area contributed by atoms with E-state index < -0.39 is 5.25 Å². The Labute approximate surface area is 174 Å². The summed E-state index contributed by atoms with van der Waals surface area (Å²) >= 11 is 1.28. The van der Waals surface area contributed by atoms with Crippen molar-refractivity contribution < 1.29 is 14.4 Å². The van der Waals surface area contributed by atoms with Gasteiger partial charge in [-0.15, -0.1) is 11.8 Å². The summed E-state index contributed by atoms with van der Waals surface area (Å²) in [4.78, 5) is 42.8. The highest BCUT2D eigenvalue weighted by molar-refractivity contribution is 8.01. The number of nitrogens with one attached hydrogen (secondary N) is 1. The molecule has 0 bridgehead atoms. The van der Waals surface area contributed by atoms with Gasteiger partial charge in [0.25, 0.3) is 5.91 Å². The molecule has 29 heavy (non-hydrogen) atoms. The summed E-state index contributed by atoms with van der Waals surface area (Å²) in [6.07, 6.45) is 1.94. The minimum Gasteiger partial charge on any atom is -0.341 e. The topological polar surface area (TPSA) is 69.7 Å². The number of carbonyl (C=O) groups excluding carboxylic acids is 3. The van der Waals surface area contributed by atoms with Crippen LogP contribution in [0.25, 0.3) is 0 Å². The molecule has 0 aromatic heterocycles. The van der Waals surface area contributed by atoms with Crippen LogP contribution in [0.5, 0.6) is 0 Å². The number of carbonyl (C=O) groups is 3. The highest BCUT2D eigenvalue weighted by Gasteiger charge is 2.41. The molecule has 2 aliphatic heterocycles. The molecular formula is C22H23N3O3S. The Hall–Kier alpha value is -2.80. The van der Waals surface area contributed by atoms with E-state index in [1.807, 2.05) is 55.5 Å². The van der Waals surface area contributed by atoms with Crippen LogP contribution in [0, 0.1) is 6.92 Å². The molecule has 1 fully saturated rings. The fourth-order valence-corrected chi connectivity index (χ4v) is 4.81. The van der Waals surface area contributed by atoms with Crippen LogP contribution in [-0.2, 0) is 14.4 Å². The third-order valence-electron chi connectivity index (χ3n) is 5.17. The zero-order valence-electron chi connectivity index (χ0n) is 16.3. The molecule has 0 saturated carbocycles. The van der Waals surface area contributed by atoms with Gasteiger partial charge in [0.2, 0.25) is 11.8 Å². The molecule has 7 heteroatoms. The normalized spacial score (nSPS) is 18.5. The molecule has 1 atom stereocenters. The molecule has 0 unspecified atom stereocenters. The van der Waals surface area contributed by atoms with E-state index in [4.69, 9.17) is 0 Å². The number of likely N-dealkylation sites (tertiary alicyclic amines) is 1. The third kappa shape index (κ3) is 4.15. The Balaban J connectivity index is 1.55. The van der Waals surface area contributed by atoms with Crippen LogP contribution in [0.2, 0.25) is 0 Å². The molecule has 2 aromatic rings. The van der Waals surface area contributed by atoms with Gasteiger partial charge in [-0.1, -0.05) is 29.8 Å². The van der Waals surface area contributed by atoms with Crippen molar-refractivity contribution in [1.29, 1.82) is 0 Å². The first kappa shape index (κ1) is 19.5. The number of hydrogen-bond donors (Lipinski definition) is 1. The quantitative estimate of drug-likeness (QED) is 0.788. The van der Waals surface area contributed by atoms with Gasteiger partial charge in [-0.05, 0) is 44.0 Å². The van der Waals surface area contributed by atoms with Crippen molar-refractivity contribution in [2.24, 2.45) is 0 Å². The number of thioether (sulfide) groups is 1. The number of benzene rings is 2. The van der Waals surface area contributed by atoms with E-state index in [1.165, 1.54) is 16.7 Å². The lowest BCUT2D eigenvalue weighted by Gasteiger charge is -2.34. The van der Waals surface area contributed by atoms with E-state index in [0.717, 1.165) is 23.3 Å². The number of anilines is 2. The molecule has 4 rings (SSSR count). The maximum atomic E-state index is 13.2. The number of para-hydroxylation sites is 1. The number of nitrogens with zero attached hydrogens (tertiary/aromatic N) is 2. The van der Waals surface area contributed by atoms with Gasteiger partial charge in [-0.25, -0.2) is 0 Å². The van der Waals surface area contributed by atoms with Crippen LogP contribution < -0.4 is 10.2 Å². The SMILES string of the molecule is Cc1ccc(NC(=O)CN2C(=O)[C@@H](C(=O)N3CCCC3)Sc3ccccc32)cc1. The Morgan fingerprint density at radius 3 is 2.48 bits per heavy atom. The molecule has 0 spiro atoms. The van der Waals surface area contributed by atoms with Crippen molar-refractivity contribution in [2.75, 3.05) is 29.9 Å². The van der Waals surface area contributed by atoms with Crippen LogP contribution in [-0.4, -0.2) is 47.5 Å². The maximum Gasteiger partial charge on any atom is 0.250 e. The second-order valence-electron chi connectivity index (χ2n) is 7.34. The zero-order chi connectivity index (χ0) is 20.4. The van der Waals surface area contributed by atoms with E-state index in [-0.39, 0.29) is 24.3 Å². The first-order valence-electron chi connectivity index (χ1n) is 9.75. The molecule has 150 valence electrons. The van der Waals surface area contributed by atoms with E-state index in [9.17, 15) is 14.4 Å². The predicted octanol–water partition coefficient (Wildman–Crippen LogP) is 3.06. The van der Waals surface area contributed by atoms with Gasteiger partial charge in [-0.3, -0.25) is 14.4 Å². The van der Waals surface area contributed by atoms with Gasteiger partial charge in [0.15, 0.2) is 5.25 Å². The fraction of sp³-hybridized carbons (Fsp3) is 0.318. The highest BCUT2D eigenvalue weighted by Crippen LogP contribution is 2.40. The first-order chi connectivity index (χ1) is 14.0. The van der Waals surface area contributed by atoms with Gasteiger partial charge in [-0.2, -0.15) is 0 Å². The van der Waals surface area contributed by atoms with Gasteiger partial charge >= 0.3 is 0 Å². The minimum atomic E-state index is -0.838. The Morgan fingerprint density at radius 2 is 1.76 bits per heavy atom. The minimum absolute atomic E-state index is 0.131. The summed E-state index contributed by atoms with van der Waals surface area (Å²) in [7, 11) is 0. The van der Waals surface area contributed by atoms with Gasteiger partial charge < -0.3 is 15.1 Å². The van der Waals surface area contributed by atoms with Crippen LogP contribution >= 0.6 is 11.8 Å². The van der Waals surface area contributed by atoms with Crippen molar-refractivity contribution in [3.05, 3.63) is 54.1 Å². The number of rotatable bonds is 4. The monoisotopic (exact) mass is 409 g/mol. The lowest BCUT2D eigenvalue weighted by molar-refractivity contribution is -0.134. The van der Waals surface area contributed by atoms with Crippen LogP contribution in [0.15, 0.2) is 53.4 Å². The number of hydrogen-bond acceptors (Lipinski definition) is 4. The third-order valence-corrected chi connectivity index (χ3v) is 6.41. The smallest absolute Gasteiger partial charge is 0.250 e. The summed E-state index contributed by atoms with van der Waals surface area (Å²) < 4.78 is 0. The lowest BCUT2D eigenvalue weighted by atomic mass is 10.2. The second-order valence-corrected chi connectivity index (χ2v) is 8.48. The molecular weight excluding hydrogens is 386 g/mol. The van der Waals surface area contributed by atoms with Crippen LogP contribution in [0.4, 0.5) is 11.4 Å². The highest BCUT2D eigenvalue weighted by atomic mass is 32.2. The number of amides is 3. The van der Waals surface area contributed by atoms with Crippen molar-refractivity contribution in [3.63, 3.8) is 0 Å². The van der Waals surface area contributed by atoms with Crippen LogP contribution in [0.3, 0.4) is 0 Å². The second kappa shape index (κ2) is 8.29. The Bertz CT molecular complexity index is 939. The van der Waals surface area contributed by atoms with E-state index in [1.54, 1.807) is 4.90 Å². The van der Waals surface area contributed by atoms with Gasteiger partial charge in [0.05, 0.1) is 5.69 Å². The molecule has 3 amide bonds. The number of fused-ring (bicyclic) bond motifs is 1. The molecule has 1 saturated heterocycles. The Kier molecular flexibility index (Phi) is 5.58. The molecule has 2 aromatic carbocycles. The molecule has 1 N–H and O–H groups in total. The van der Waals surface area contributed by atoms with E-state index >= 15 is 0 Å². The van der Waals surface area contributed by atoms with E-state index in [0.29, 0.717) is 24.5 Å². The van der Waals surface area contributed by atoms with Crippen molar-refractivity contribution >= 4 is 40.9 Å². The summed E-state index contributed by atoms with van der Waals surface area (Å²) in [5.74, 6) is -0.781. The largest absolute Gasteiger partial charge is 0.341 e. The average molecular weight is 410 g/mol. The summed E-state index contributed by atoms with van der Waals surface area (Å²) in [6, 6.07) is 14.9. The van der Waals surface area contributed by atoms with Gasteiger partial charge in [0.1, 0.15) is 6.54 Å². The molecule has 6 nitrogen and oxygen atoms in total. The molecule has 2 aliphatic rings. The fourth-order valence-electron chi connectivity index (χ4n) is 3.62. The van der Waals surface area contributed by atoms with Crippen molar-refractivity contribution in [2.45, 2.75) is 29.9 Å². The number of aryl methyl sites for hydroxylation is 1. The first-order valence-corrected chi connectivity index (χ1v) is 10.6. The van der Waals surface area contributed by atoms with Crippen LogP contribution in [0.1, 0.15) is 18.4 Å². The van der Waals surface area contributed by atoms with E-state index in [2.05, 4.69) is 5.32 Å².